The van der Waals surface area contributed by atoms with Crippen molar-refractivity contribution in [3.8, 4) is 0 Å². The van der Waals surface area contributed by atoms with Crippen LogP contribution in [0.3, 0.4) is 0 Å². The molecule has 1 fully saturated rings. The van der Waals surface area contributed by atoms with Gasteiger partial charge < -0.3 is 15.4 Å². The Morgan fingerprint density at radius 1 is 1.67 bits per heavy atom. The second-order valence-corrected chi connectivity index (χ2v) is 4.38. The Balaban J connectivity index is 2.50. The van der Waals surface area contributed by atoms with Crippen molar-refractivity contribution in [2.45, 2.75) is 38.8 Å². The molecule has 0 radical (unpaired) electrons. The van der Waals surface area contributed by atoms with Crippen molar-refractivity contribution in [1.29, 1.82) is 0 Å². The first-order chi connectivity index (χ1) is 7.07. The Kier molecular flexibility index (Phi) is 4.54. The van der Waals surface area contributed by atoms with E-state index in [-0.39, 0.29) is 23.9 Å². The molecule has 1 aliphatic heterocycles. The fraction of sp³-hybridized carbons (Fsp3) is 0.909. The van der Waals surface area contributed by atoms with Crippen molar-refractivity contribution in [3.63, 3.8) is 0 Å². The average Bonchev–Trinajstić information content (AvgIpc) is 2.78. The zero-order valence-electron chi connectivity index (χ0n) is 9.90. The first kappa shape index (κ1) is 12.5. The molecular formula is C11H22N2O2. The van der Waals surface area contributed by atoms with E-state index in [1.165, 1.54) is 0 Å². The first-order valence-electron chi connectivity index (χ1n) is 5.68. The number of amides is 1. The minimum Gasteiger partial charge on any atom is -0.379 e. The van der Waals surface area contributed by atoms with Crippen LogP contribution in [-0.2, 0) is 9.53 Å². The van der Waals surface area contributed by atoms with Crippen LogP contribution < -0.4 is 5.73 Å². The standard InChI is InChI=1S/C11H22N2O2/c1-4-8(2)10(12)11(14)13(3)9-5-6-15-7-9/h8-10H,4-7,12H2,1-3H3. The number of likely N-dealkylation sites (N-methyl/N-ethyl adjacent to an activating group) is 1. The van der Waals surface area contributed by atoms with Crippen LogP contribution in [0.1, 0.15) is 26.7 Å². The summed E-state index contributed by atoms with van der Waals surface area (Å²) in [4.78, 5) is 13.7. The topological polar surface area (TPSA) is 55.6 Å². The molecule has 0 aliphatic carbocycles. The molecule has 4 nitrogen and oxygen atoms in total. The maximum absolute atomic E-state index is 12.0. The second kappa shape index (κ2) is 5.47. The van der Waals surface area contributed by atoms with Crippen molar-refractivity contribution in [2.24, 2.45) is 11.7 Å². The smallest absolute Gasteiger partial charge is 0.239 e. The van der Waals surface area contributed by atoms with Gasteiger partial charge in [0.25, 0.3) is 0 Å². The molecule has 1 heterocycles. The first-order valence-corrected chi connectivity index (χ1v) is 5.68. The van der Waals surface area contributed by atoms with Gasteiger partial charge in [0.05, 0.1) is 18.7 Å². The predicted octanol–water partition coefficient (Wildman–Crippen LogP) is 0.607. The van der Waals surface area contributed by atoms with E-state index in [0.29, 0.717) is 6.61 Å². The Hall–Kier alpha value is -0.610. The fourth-order valence-electron chi connectivity index (χ4n) is 1.74. The fourth-order valence-corrected chi connectivity index (χ4v) is 1.74. The van der Waals surface area contributed by atoms with Crippen LogP contribution in [0.25, 0.3) is 0 Å². The van der Waals surface area contributed by atoms with Gasteiger partial charge in [-0.05, 0) is 12.3 Å². The number of carbonyl (C=O) groups is 1. The van der Waals surface area contributed by atoms with Crippen LogP contribution in [0.15, 0.2) is 0 Å². The summed E-state index contributed by atoms with van der Waals surface area (Å²) in [7, 11) is 1.82. The van der Waals surface area contributed by atoms with Gasteiger partial charge in [-0.25, -0.2) is 0 Å². The number of ether oxygens (including phenoxy) is 1. The molecule has 3 unspecified atom stereocenters. The van der Waals surface area contributed by atoms with E-state index >= 15 is 0 Å². The molecule has 3 atom stereocenters. The number of hydrogen-bond acceptors (Lipinski definition) is 3. The van der Waals surface area contributed by atoms with Gasteiger partial charge in [0, 0.05) is 13.7 Å². The summed E-state index contributed by atoms with van der Waals surface area (Å²) in [6, 6.07) is -0.159. The van der Waals surface area contributed by atoms with Gasteiger partial charge >= 0.3 is 0 Å². The van der Waals surface area contributed by atoms with Gasteiger partial charge in [0.15, 0.2) is 0 Å². The quantitative estimate of drug-likeness (QED) is 0.746. The number of nitrogens with zero attached hydrogens (tertiary/aromatic N) is 1. The zero-order valence-corrected chi connectivity index (χ0v) is 9.90. The molecule has 0 aromatic carbocycles. The van der Waals surface area contributed by atoms with Crippen LogP contribution in [0.2, 0.25) is 0 Å². The number of rotatable bonds is 4. The van der Waals surface area contributed by atoms with Crippen molar-refractivity contribution in [2.75, 3.05) is 20.3 Å². The minimum absolute atomic E-state index is 0.0415. The van der Waals surface area contributed by atoms with Crippen molar-refractivity contribution >= 4 is 5.91 Å². The van der Waals surface area contributed by atoms with E-state index in [0.717, 1.165) is 19.4 Å². The van der Waals surface area contributed by atoms with Gasteiger partial charge in [0.2, 0.25) is 5.91 Å². The lowest BCUT2D eigenvalue weighted by Gasteiger charge is -2.28. The Labute approximate surface area is 91.8 Å². The molecule has 2 N–H and O–H groups in total. The molecule has 88 valence electrons. The van der Waals surface area contributed by atoms with Gasteiger partial charge in [-0.1, -0.05) is 20.3 Å². The van der Waals surface area contributed by atoms with Gasteiger partial charge in [0.1, 0.15) is 0 Å². The summed E-state index contributed by atoms with van der Waals surface area (Å²) in [5, 5.41) is 0. The van der Waals surface area contributed by atoms with E-state index in [4.69, 9.17) is 10.5 Å². The molecule has 0 bridgehead atoms. The highest BCUT2D eigenvalue weighted by Gasteiger charge is 2.29. The van der Waals surface area contributed by atoms with Crippen LogP contribution >= 0.6 is 0 Å². The third kappa shape index (κ3) is 2.92. The van der Waals surface area contributed by atoms with Crippen LogP contribution in [0.4, 0.5) is 0 Å². The number of carbonyl (C=O) groups excluding carboxylic acids is 1. The molecule has 4 heteroatoms. The molecule has 1 saturated heterocycles. The van der Waals surface area contributed by atoms with Gasteiger partial charge in [-0.3, -0.25) is 4.79 Å². The van der Waals surface area contributed by atoms with Crippen molar-refractivity contribution < 1.29 is 9.53 Å². The molecule has 15 heavy (non-hydrogen) atoms. The minimum atomic E-state index is -0.374. The van der Waals surface area contributed by atoms with Gasteiger partial charge in [-0.2, -0.15) is 0 Å². The summed E-state index contributed by atoms with van der Waals surface area (Å²) in [5.74, 6) is 0.280. The molecule has 0 spiro atoms. The lowest BCUT2D eigenvalue weighted by molar-refractivity contribution is -0.134. The zero-order chi connectivity index (χ0) is 11.4. The van der Waals surface area contributed by atoms with Crippen molar-refractivity contribution in [3.05, 3.63) is 0 Å². The Bertz CT molecular complexity index is 215. The van der Waals surface area contributed by atoms with Gasteiger partial charge in [-0.15, -0.1) is 0 Å². The second-order valence-electron chi connectivity index (χ2n) is 4.38. The molecule has 0 aromatic rings. The number of hydrogen-bond donors (Lipinski definition) is 1. The molecule has 0 saturated carbocycles. The molecule has 0 aromatic heterocycles. The monoisotopic (exact) mass is 214 g/mol. The summed E-state index contributed by atoms with van der Waals surface area (Å²) in [6.07, 6.45) is 1.86. The summed E-state index contributed by atoms with van der Waals surface area (Å²) >= 11 is 0. The van der Waals surface area contributed by atoms with E-state index in [1.54, 1.807) is 4.90 Å². The Morgan fingerprint density at radius 2 is 2.33 bits per heavy atom. The highest BCUT2D eigenvalue weighted by atomic mass is 16.5. The third-order valence-electron chi connectivity index (χ3n) is 3.34. The largest absolute Gasteiger partial charge is 0.379 e. The average molecular weight is 214 g/mol. The predicted molar refractivity (Wildman–Crippen MR) is 59.4 cm³/mol. The lowest BCUT2D eigenvalue weighted by atomic mass is 9.98. The molecule has 1 aliphatic rings. The van der Waals surface area contributed by atoms with Crippen LogP contribution in [0.5, 0.6) is 0 Å². The van der Waals surface area contributed by atoms with Crippen molar-refractivity contribution in [1.82, 2.24) is 4.90 Å². The maximum Gasteiger partial charge on any atom is 0.239 e. The normalized spacial score (nSPS) is 24.9. The summed E-state index contributed by atoms with van der Waals surface area (Å²) in [6.45, 7) is 5.47. The van der Waals surface area contributed by atoms with E-state index in [9.17, 15) is 4.79 Å². The highest BCUT2D eigenvalue weighted by molar-refractivity contribution is 5.82. The summed E-state index contributed by atoms with van der Waals surface area (Å²) in [5.41, 5.74) is 5.91. The highest BCUT2D eigenvalue weighted by Crippen LogP contribution is 2.14. The van der Waals surface area contributed by atoms with Crippen LogP contribution in [-0.4, -0.2) is 43.2 Å². The SMILES string of the molecule is CCC(C)C(N)C(=O)N(C)C1CCOC1. The number of nitrogens with two attached hydrogens (primary N) is 1. The van der Waals surface area contributed by atoms with E-state index in [1.807, 2.05) is 14.0 Å². The van der Waals surface area contributed by atoms with E-state index in [2.05, 4.69) is 6.92 Å². The van der Waals surface area contributed by atoms with Crippen LogP contribution in [0, 0.1) is 5.92 Å². The maximum atomic E-state index is 12.0. The lowest BCUT2D eigenvalue weighted by Crippen LogP contribution is -2.49. The molecule has 1 rings (SSSR count). The summed E-state index contributed by atoms with van der Waals surface area (Å²) < 4.78 is 5.26. The molecule has 1 amide bonds. The third-order valence-corrected chi connectivity index (χ3v) is 3.34. The Morgan fingerprint density at radius 3 is 2.80 bits per heavy atom. The molecular weight excluding hydrogens is 192 g/mol. The van der Waals surface area contributed by atoms with E-state index < -0.39 is 0 Å².